The fourth-order valence-corrected chi connectivity index (χ4v) is 4.79. The normalized spacial score (nSPS) is 21.0. The van der Waals surface area contributed by atoms with E-state index in [9.17, 15) is 13.9 Å². The number of imidazole rings is 1. The highest BCUT2D eigenvalue weighted by atomic mass is 19.3. The molecule has 3 heterocycles. The quantitative estimate of drug-likeness (QED) is 0.379. The number of aliphatic hydroxyl groups is 1. The van der Waals surface area contributed by atoms with Crippen molar-refractivity contribution in [1.29, 1.82) is 0 Å². The molecule has 10 heteroatoms. The molecule has 34 heavy (non-hydrogen) atoms. The minimum absolute atomic E-state index is 0.178. The van der Waals surface area contributed by atoms with Gasteiger partial charge in [0.15, 0.2) is 0 Å². The highest BCUT2D eigenvalue weighted by Crippen LogP contribution is 2.36. The Labute approximate surface area is 195 Å². The number of aryl methyl sites for hydroxylation is 1. The summed E-state index contributed by atoms with van der Waals surface area (Å²) in [5.41, 5.74) is 2.96. The lowest BCUT2D eigenvalue weighted by atomic mass is 9.84. The van der Waals surface area contributed by atoms with Crippen molar-refractivity contribution in [2.75, 3.05) is 12.4 Å². The number of nitrogens with one attached hydrogen (secondary N) is 2. The van der Waals surface area contributed by atoms with Crippen molar-refractivity contribution < 1.29 is 18.6 Å². The molecule has 0 atom stereocenters. The summed E-state index contributed by atoms with van der Waals surface area (Å²) < 4.78 is 33.4. The zero-order valence-electron chi connectivity index (χ0n) is 19.4. The first-order valence-corrected chi connectivity index (χ1v) is 11.4. The van der Waals surface area contributed by atoms with E-state index in [1.807, 2.05) is 31.3 Å². The van der Waals surface area contributed by atoms with Crippen LogP contribution in [0.2, 0.25) is 0 Å². The average molecular weight is 471 g/mol. The van der Waals surface area contributed by atoms with Gasteiger partial charge in [-0.2, -0.15) is 9.97 Å². The van der Waals surface area contributed by atoms with Gasteiger partial charge >= 0.3 is 0 Å². The molecule has 3 aromatic heterocycles. The van der Waals surface area contributed by atoms with Crippen LogP contribution in [0.25, 0.3) is 33.2 Å². The second-order valence-corrected chi connectivity index (χ2v) is 9.26. The Morgan fingerprint density at radius 3 is 2.74 bits per heavy atom. The number of aromatic amines is 1. The second kappa shape index (κ2) is 8.50. The third kappa shape index (κ3) is 4.18. The molecule has 1 aromatic carbocycles. The van der Waals surface area contributed by atoms with Gasteiger partial charge in [0, 0.05) is 17.8 Å². The Bertz CT molecular complexity index is 1340. The number of hydrogen-bond acceptors (Lipinski definition) is 6. The molecule has 1 saturated carbocycles. The number of fused-ring (bicyclic) bond motifs is 2. The SMILES string of the molecule is COc1nc(NC2CCC(C)(O)CC2)nc2[nH]cc(-c3ccc4nc(C)n(CC(F)F)c4c3)c12. The molecule has 1 aliphatic rings. The van der Waals surface area contributed by atoms with Gasteiger partial charge < -0.3 is 24.7 Å². The number of nitrogens with zero attached hydrogens (tertiary/aromatic N) is 4. The molecule has 1 aliphatic carbocycles. The van der Waals surface area contributed by atoms with Crippen LogP contribution in [0.5, 0.6) is 5.88 Å². The standard InChI is InChI=1S/C24H28F2N6O2/c1-13-28-17-5-4-14(10-18(17)32(13)12-19(25)26)16-11-27-21-20(16)22(34-3)31-23(30-21)29-15-6-8-24(2,33)9-7-15/h4-5,10-11,15,19,33H,6-9,12H2,1-3H3,(H2,27,29,30,31). The second-order valence-electron chi connectivity index (χ2n) is 9.26. The topological polar surface area (TPSA) is 101 Å². The molecule has 180 valence electrons. The summed E-state index contributed by atoms with van der Waals surface area (Å²) in [5.74, 6) is 1.43. The average Bonchev–Trinajstić information content (AvgIpc) is 3.35. The molecular weight excluding hydrogens is 442 g/mol. The molecule has 0 bridgehead atoms. The molecular formula is C24H28F2N6O2. The van der Waals surface area contributed by atoms with Crippen molar-refractivity contribution in [2.24, 2.45) is 0 Å². The van der Waals surface area contributed by atoms with Crippen LogP contribution in [0.3, 0.4) is 0 Å². The predicted molar refractivity (Wildman–Crippen MR) is 126 cm³/mol. The van der Waals surface area contributed by atoms with Crippen molar-refractivity contribution in [2.45, 2.75) is 64.1 Å². The molecule has 0 saturated heterocycles. The van der Waals surface area contributed by atoms with Crippen molar-refractivity contribution in [3.63, 3.8) is 0 Å². The fraction of sp³-hybridized carbons (Fsp3) is 0.458. The largest absolute Gasteiger partial charge is 0.480 e. The molecule has 0 spiro atoms. The summed E-state index contributed by atoms with van der Waals surface area (Å²) in [6, 6.07) is 5.78. The number of ether oxygens (including phenoxy) is 1. The minimum Gasteiger partial charge on any atom is -0.480 e. The first-order chi connectivity index (χ1) is 16.2. The number of halogens is 2. The molecule has 5 rings (SSSR count). The smallest absolute Gasteiger partial charge is 0.256 e. The van der Waals surface area contributed by atoms with Gasteiger partial charge in [-0.3, -0.25) is 0 Å². The highest BCUT2D eigenvalue weighted by molar-refractivity contribution is 5.99. The van der Waals surface area contributed by atoms with E-state index in [2.05, 4.69) is 25.3 Å². The number of benzene rings is 1. The van der Waals surface area contributed by atoms with Crippen LogP contribution >= 0.6 is 0 Å². The van der Waals surface area contributed by atoms with Crippen LogP contribution in [0.1, 0.15) is 38.4 Å². The molecule has 0 aliphatic heterocycles. The number of aromatic nitrogens is 5. The van der Waals surface area contributed by atoms with E-state index in [1.165, 1.54) is 4.57 Å². The molecule has 0 radical (unpaired) electrons. The van der Waals surface area contributed by atoms with E-state index in [0.717, 1.165) is 42.2 Å². The van der Waals surface area contributed by atoms with E-state index in [4.69, 9.17) is 4.74 Å². The zero-order chi connectivity index (χ0) is 24.0. The Balaban J connectivity index is 1.51. The lowest BCUT2D eigenvalue weighted by Gasteiger charge is -2.33. The molecule has 1 fully saturated rings. The summed E-state index contributed by atoms with van der Waals surface area (Å²) in [7, 11) is 1.56. The highest BCUT2D eigenvalue weighted by Gasteiger charge is 2.29. The molecule has 0 unspecified atom stereocenters. The van der Waals surface area contributed by atoms with Crippen LogP contribution in [0.4, 0.5) is 14.7 Å². The lowest BCUT2D eigenvalue weighted by Crippen LogP contribution is -2.36. The van der Waals surface area contributed by atoms with Crippen molar-refractivity contribution in [3.8, 4) is 17.0 Å². The number of anilines is 1. The van der Waals surface area contributed by atoms with Gasteiger partial charge in [-0.15, -0.1) is 0 Å². The van der Waals surface area contributed by atoms with Gasteiger partial charge in [0.25, 0.3) is 6.43 Å². The van der Waals surface area contributed by atoms with E-state index < -0.39 is 18.6 Å². The summed E-state index contributed by atoms with van der Waals surface area (Å²) in [6.45, 7) is 3.19. The molecule has 4 aromatic rings. The monoisotopic (exact) mass is 470 g/mol. The van der Waals surface area contributed by atoms with Crippen LogP contribution < -0.4 is 10.1 Å². The van der Waals surface area contributed by atoms with Crippen LogP contribution in [0.15, 0.2) is 24.4 Å². The first-order valence-electron chi connectivity index (χ1n) is 11.4. The zero-order valence-corrected chi connectivity index (χ0v) is 19.4. The summed E-state index contributed by atoms with van der Waals surface area (Å²) >= 11 is 0. The predicted octanol–water partition coefficient (Wildman–Crippen LogP) is 4.66. The Kier molecular flexibility index (Phi) is 5.63. The third-order valence-electron chi connectivity index (χ3n) is 6.66. The van der Waals surface area contributed by atoms with Gasteiger partial charge in [0.1, 0.15) is 11.5 Å². The molecule has 3 N–H and O–H groups in total. The Hall–Kier alpha value is -3.27. The van der Waals surface area contributed by atoms with Crippen molar-refractivity contribution in [3.05, 3.63) is 30.2 Å². The van der Waals surface area contributed by atoms with Gasteiger partial charge in [-0.1, -0.05) is 6.07 Å². The van der Waals surface area contributed by atoms with E-state index in [1.54, 1.807) is 14.0 Å². The third-order valence-corrected chi connectivity index (χ3v) is 6.66. The number of methoxy groups -OCH3 is 1. The van der Waals surface area contributed by atoms with Crippen LogP contribution in [0, 0.1) is 6.92 Å². The minimum atomic E-state index is -2.47. The number of alkyl halides is 2. The van der Waals surface area contributed by atoms with Gasteiger partial charge in [0.05, 0.1) is 35.7 Å². The maximum Gasteiger partial charge on any atom is 0.256 e. The van der Waals surface area contributed by atoms with Gasteiger partial charge in [-0.25, -0.2) is 13.8 Å². The Morgan fingerprint density at radius 2 is 2.03 bits per heavy atom. The maximum atomic E-state index is 13.1. The maximum absolute atomic E-state index is 13.1. The first kappa shape index (κ1) is 22.5. The molecule has 8 nitrogen and oxygen atoms in total. The van der Waals surface area contributed by atoms with Crippen molar-refractivity contribution in [1.82, 2.24) is 24.5 Å². The summed E-state index contributed by atoms with van der Waals surface area (Å²) in [5, 5.41) is 14.3. The van der Waals surface area contributed by atoms with Gasteiger partial charge in [-0.05, 0) is 57.2 Å². The fourth-order valence-electron chi connectivity index (χ4n) is 4.79. The Morgan fingerprint density at radius 1 is 1.26 bits per heavy atom. The van der Waals surface area contributed by atoms with Crippen LogP contribution in [-0.2, 0) is 6.54 Å². The van der Waals surface area contributed by atoms with Crippen molar-refractivity contribution >= 4 is 28.0 Å². The summed E-state index contributed by atoms with van der Waals surface area (Å²) in [6.07, 6.45) is 2.46. The molecule has 0 amide bonds. The van der Waals surface area contributed by atoms with Gasteiger partial charge in [0.2, 0.25) is 11.8 Å². The van der Waals surface area contributed by atoms with Crippen LogP contribution in [-0.4, -0.2) is 54.8 Å². The number of rotatable bonds is 6. The summed E-state index contributed by atoms with van der Waals surface area (Å²) in [4.78, 5) is 16.8. The number of hydrogen-bond donors (Lipinski definition) is 3. The van der Waals surface area contributed by atoms with E-state index >= 15 is 0 Å². The van der Waals surface area contributed by atoms with E-state index in [0.29, 0.717) is 34.3 Å². The van der Waals surface area contributed by atoms with E-state index in [-0.39, 0.29) is 6.04 Å². The number of H-pyrrole nitrogens is 1. The lowest BCUT2D eigenvalue weighted by molar-refractivity contribution is 0.0195.